The summed E-state index contributed by atoms with van der Waals surface area (Å²) in [4.78, 5) is 67.2. The van der Waals surface area contributed by atoms with Crippen LogP contribution >= 0.6 is 0 Å². The molecule has 212 valence electrons. The normalized spacial score (nSPS) is 17.4. The topological polar surface area (TPSA) is 227 Å². The SMILES string of the molecule is NCCCCC(NC(=O)C1CCCN1C(=O)C(Cc1c[nH]c2ccccc12)NC(=O)C(N)CC(N)=O)C(=O)O. The number of rotatable bonds is 14. The van der Waals surface area contributed by atoms with Crippen molar-refractivity contribution in [2.75, 3.05) is 13.1 Å². The van der Waals surface area contributed by atoms with Gasteiger partial charge in [-0.1, -0.05) is 18.2 Å². The molecule has 1 aromatic heterocycles. The molecule has 0 aliphatic carbocycles. The Morgan fingerprint density at radius 1 is 1.10 bits per heavy atom. The van der Waals surface area contributed by atoms with E-state index in [1.165, 1.54) is 4.90 Å². The largest absolute Gasteiger partial charge is 0.480 e. The second-order valence-electron chi connectivity index (χ2n) is 9.78. The standard InChI is InChI=1S/C26H37N7O6/c27-10-4-3-8-19(26(38)39)31-24(36)21-9-5-11-33(21)25(37)20(32-23(35)17(28)13-22(29)34)12-15-14-30-18-7-2-1-6-16(15)18/h1-2,6-7,14,17,19-21,30H,3-5,8-13,27-28H2,(H2,29,34)(H,31,36)(H,32,35)(H,38,39). The smallest absolute Gasteiger partial charge is 0.326 e. The van der Waals surface area contributed by atoms with E-state index in [0.29, 0.717) is 32.2 Å². The molecule has 4 amide bonds. The number of H-pyrrole nitrogens is 1. The number of carbonyl (C=O) groups excluding carboxylic acids is 4. The van der Waals surface area contributed by atoms with Gasteiger partial charge in [-0.05, 0) is 50.3 Å². The van der Waals surface area contributed by atoms with Crippen LogP contribution in [0.15, 0.2) is 30.5 Å². The number of aromatic nitrogens is 1. The number of unbranched alkanes of at least 4 members (excludes halogenated alkanes) is 1. The highest BCUT2D eigenvalue weighted by molar-refractivity contribution is 5.96. The summed E-state index contributed by atoms with van der Waals surface area (Å²) in [5.41, 5.74) is 18.1. The maximum Gasteiger partial charge on any atom is 0.326 e. The number of nitrogens with one attached hydrogen (secondary N) is 3. The first kappa shape index (κ1) is 29.6. The van der Waals surface area contributed by atoms with Crippen molar-refractivity contribution in [3.63, 3.8) is 0 Å². The molecule has 0 spiro atoms. The summed E-state index contributed by atoms with van der Waals surface area (Å²) in [6, 6.07) is 3.14. The lowest BCUT2D eigenvalue weighted by atomic mass is 10.0. The van der Waals surface area contributed by atoms with Gasteiger partial charge in [0.05, 0.1) is 12.5 Å². The lowest BCUT2D eigenvalue weighted by Gasteiger charge is -2.30. The van der Waals surface area contributed by atoms with Gasteiger partial charge in [0.1, 0.15) is 18.1 Å². The van der Waals surface area contributed by atoms with E-state index in [4.69, 9.17) is 17.2 Å². The summed E-state index contributed by atoms with van der Waals surface area (Å²) < 4.78 is 0. The number of aliphatic carboxylic acids is 1. The fraction of sp³-hybridized carbons (Fsp3) is 0.500. The minimum Gasteiger partial charge on any atom is -0.480 e. The van der Waals surface area contributed by atoms with Crippen molar-refractivity contribution in [1.29, 1.82) is 0 Å². The van der Waals surface area contributed by atoms with E-state index in [-0.39, 0.29) is 19.4 Å². The fourth-order valence-corrected chi connectivity index (χ4v) is 4.83. The summed E-state index contributed by atoms with van der Waals surface area (Å²) in [6.45, 7) is 0.674. The summed E-state index contributed by atoms with van der Waals surface area (Å²) in [5.74, 6) is -3.72. The predicted molar refractivity (Wildman–Crippen MR) is 143 cm³/mol. The number of hydrogen-bond acceptors (Lipinski definition) is 7. The van der Waals surface area contributed by atoms with Crippen LogP contribution in [-0.2, 0) is 30.4 Å². The number of nitrogens with two attached hydrogens (primary N) is 3. The number of carboxylic acids is 1. The zero-order chi connectivity index (χ0) is 28.5. The molecule has 4 unspecified atom stereocenters. The Morgan fingerprint density at radius 3 is 2.54 bits per heavy atom. The number of benzene rings is 1. The average molecular weight is 544 g/mol. The molecular formula is C26H37N7O6. The highest BCUT2D eigenvalue weighted by Crippen LogP contribution is 2.23. The molecule has 0 bridgehead atoms. The number of nitrogens with zero attached hydrogens (tertiary/aromatic N) is 1. The fourth-order valence-electron chi connectivity index (χ4n) is 4.83. The van der Waals surface area contributed by atoms with Crippen molar-refractivity contribution in [1.82, 2.24) is 20.5 Å². The van der Waals surface area contributed by atoms with E-state index < -0.39 is 60.2 Å². The van der Waals surface area contributed by atoms with Gasteiger partial charge in [-0.2, -0.15) is 0 Å². The zero-order valence-corrected chi connectivity index (χ0v) is 21.7. The average Bonchev–Trinajstić information content (AvgIpc) is 3.54. The maximum atomic E-state index is 13.8. The Kier molecular flexibility index (Phi) is 10.4. The van der Waals surface area contributed by atoms with Crippen LogP contribution in [0, 0.1) is 0 Å². The number of hydrogen-bond donors (Lipinski definition) is 7. The number of likely N-dealkylation sites (tertiary alicyclic amines) is 1. The molecule has 13 nitrogen and oxygen atoms in total. The Labute approximate surface area is 225 Å². The first-order valence-electron chi connectivity index (χ1n) is 13.0. The third-order valence-electron chi connectivity index (χ3n) is 6.87. The molecule has 1 saturated heterocycles. The van der Waals surface area contributed by atoms with Gasteiger partial charge in [0.15, 0.2) is 0 Å². The Balaban J connectivity index is 1.81. The molecule has 4 atom stereocenters. The number of fused-ring (bicyclic) bond motifs is 1. The van der Waals surface area contributed by atoms with Gasteiger partial charge in [0.25, 0.3) is 0 Å². The first-order valence-corrected chi connectivity index (χ1v) is 13.0. The quantitative estimate of drug-likeness (QED) is 0.147. The van der Waals surface area contributed by atoms with Crippen molar-refractivity contribution < 1.29 is 29.1 Å². The van der Waals surface area contributed by atoms with Gasteiger partial charge in [-0.25, -0.2) is 4.79 Å². The van der Waals surface area contributed by atoms with Crippen LogP contribution in [0.2, 0.25) is 0 Å². The van der Waals surface area contributed by atoms with Gasteiger partial charge < -0.3 is 42.8 Å². The molecule has 1 aliphatic heterocycles. The second kappa shape index (κ2) is 13.7. The van der Waals surface area contributed by atoms with E-state index >= 15 is 0 Å². The van der Waals surface area contributed by atoms with Crippen LogP contribution in [0.5, 0.6) is 0 Å². The molecule has 10 N–H and O–H groups in total. The van der Waals surface area contributed by atoms with Gasteiger partial charge in [0, 0.05) is 30.1 Å². The van der Waals surface area contributed by atoms with Gasteiger partial charge in [0.2, 0.25) is 23.6 Å². The zero-order valence-electron chi connectivity index (χ0n) is 21.7. The molecule has 1 aliphatic rings. The van der Waals surface area contributed by atoms with Crippen molar-refractivity contribution in [3.8, 4) is 0 Å². The third-order valence-corrected chi connectivity index (χ3v) is 6.87. The Morgan fingerprint density at radius 2 is 1.85 bits per heavy atom. The van der Waals surface area contributed by atoms with Gasteiger partial charge >= 0.3 is 5.97 Å². The molecular weight excluding hydrogens is 506 g/mol. The van der Waals surface area contributed by atoms with Crippen LogP contribution in [0.4, 0.5) is 0 Å². The van der Waals surface area contributed by atoms with Crippen molar-refractivity contribution in [2.24, 2.45) is 17.2 Å². The third kappa shape index (κ3) is 7.77. The van der Waals surface area contributed by atoms with E-state index in [1.807, 2.05) is 24.3 Å². The van der Waals surface area contributed by atoms with Crippen LogP contribution in [-0.4, -0.2) is 81.8 Å². The maximum absolute atomic E-state index is 13.8. The highest BCUT2D eigenvalue weighted by Gasteiger charge is 2.39. The van der Waals surface area contributed by atoms with E-state index in [0.717, 1.165) is 16.5 Å². The van der Waals surface area contributed by atoms with Gasteiger partial charge in [-0.3, -0.25) is 19.2 Å². The van der Waals surface area contributed by atoms with Crippen molar-refractivity contribution in [3.05, 3.63) is 36.0 Å². The summed E-state index contributed by atoms with van der Waals surface area (Å²) >= 11 is 0. The molecule has 3 rings (SSSR count). The highest BCUT2D eigenvalue weighted by atomic mass is 16.4. The second-order valence-corrected chi connectivity index (χ2v) is 9.78. The molecule has 0 saturated carbocycles. The molecule has 1 fully saturated rings. The number of para-hydroxylation sites is 1. The molecule has 2 heterocycles. The summed E-state index contributed by atoms with van der Waals surface area (Å²) in [6.07, 6.45) is 3.70. The number of amides is 4. The van der Waals surface area contributed by atoms with E-state index in [1.54, 1.807) is 6.20 Å². The first-order chi connectivity index (χ1) is 18.6. The lowest BCUT2D eigenvalue weighted by Crippen LogP contribution is -2.57. The van der Waals surface area contributed by atoms with Crippen molar-refractivity contribution >= 4 is 40.5 Å². The van der Waals surface area contributed by atoms with Crippen molar-refractivity contribution in [2.45, 2.75) is 69.1 Å². The van der Waals surface area contributed by atoms with Crippen LogP contribution in [0.25, 0.3) is 10.9 Å². The van der Waals surface area contributed by atoms with Crippen LogP contribution in [0.3, 0.4) is 0 Å². The monoisotopic (exact) mass is 543 g/mol. The van der Waals surface area contributed by atoms with Crippen LogP contribution < -0.4 is 27.8 Å². The Hall–Kier alpha value is -3.97. The number of carbonyl (C=O) groups is 5. The summed E-state index contributed by atoms with van der Waals surface area (Å²) in [5, 5.41) is 15.6. The minimum atomic E-state index is -1.25. The number of primary amides is 1. The molecule has 1 aromatic carbocycles. The number of carboxylic acid groups (broad SMARTS) is 1. The summed E-state index contributed by atoms with van der Waals surface area (Å²) in [7, 11) is 0. The van der Waals surface area contributed by atoms with Crippen LogP contribution in [0.1, 0.15) is 44.1 Å². The minimum absolute atomic E-state index is 0.0968. The number of aromatic amines is 1. The van der Waals surface area contributed by atoms with E-state index in [2.05, 4.69) is 15.6 Å². The van der Waals surface area contributed by atoms with E-state index in [9.17, 15) is 29.1 Å². The van der Waals surface area contributed by atoms with Gasteiger partial charge in [-0.15, -0.1) is 0 Å². The Bertz CT molecular complexity index is 1200. The lowest BCUT2D eigenvalue weighted by molar-refractivity contribution is -0.145. The molecule has 39 heavy (non-hydrogen) atoms. The molecule has 2 aromatic rings. The predicted octanol–water partition coefficient (Wildman–Crippen LogP) is -0.913. The molecule has 0 radical (unpaired) electrons. The molecule has 13 heteroatoms.